The van der Waals surface area contributed by atoms with Crippen molar-refractivity contribution in [1.29, 1.82) is 0 Å². The molecule has 4 aromatic rings. The summed E-state index contributed by atoms with van der Waals surface area (Å²) in [7, 11) is 2.14. The first-order valence-corrected chi connectivity index (χ1v) is 12.5. The van der Waals surface area contributed by atoms with E-state index in [-0.39, 0.29) is 0 Å². The second kappa shape index (κ2) is 9.98. The molecule has 10 heteroatoms. The molecule has 0 amide bonds. The summed E-state index contributed by atoms with van der Waals surface area (Å²) in [6, 6.07) is 16.1. The van der Waals surface area contributed by atoms with Gasteiger partial charge in [0, 0.05) is 41.4 Å². The Morgan fingerprint density at radius 3 is 2.78 bits per heavy atom. The minimum atomic E-state index is 0.391. The van der Waals surface area contributed by atoms with E-state index in [1.54, 1.807) is 0 Å². The fourth-order valence-electron chi connectivity index (χ4n) is 4.46. The number of H-pyrrole nitrogens is 1. The first-order valence-electron chi connectivity index (χ1n) is 12.5. The van der Waals surface area contributed by atoms with E-state index in [0.29, 0.717) is 48.5 Å². The molecule has 36 heavy (non-hydrogen) atoms. The number of ether oxygens (including phenoxy) is 1. The van der Waals surface area contributed by atoms with Crippen LogP contribution in [0, 0.1) is 0 Å². The second-order valence-corrected chi connectivity index (χ2v) is 9.51. The van der Waals surface area contributed by atoms with E-state index in [1.807, 2.05) is 48.5 Å². The fraction of sp³-hybridized carbons (Fsp3) is 0.385. The van der Waals surface area contributed by atoms with Crippen molar-refractivity contribution < 1.29 is 9.26 Å². The summed E-state index contributed by atoms with van der Waals surface area (Å²) in [5.74, 6) is 3.57. The van der Waals surface area contributed by atoms with Crippen molar-refractivity contribution in [2.24, 2.45) is 0 Å². The average molecular weight is 487 g/mol. The van der Waals surface area contributed by atoms with E-state index in [1.165, 1.54) is 19.3 Å². The van der Waals surface area contributed by atoms with Crippen molar-refractivity contribution in [1.82, 2.24) is 30.2 Å². The topological polar surface area (TPSA) is 117 Å². The first kappa shape index (κ1) is 22.5. The lowest BCUT2D eigenvalue weighted by atomic mass is 10.1. The third-order valence-corrected chi connectivity index (χ3v) is 6.72. The van der Waals surface area contributed by atoms with Gasteiger partial charge in [-0.3, -0.25) is 5.10 Å². The van der Waals surface area contributed by atoms with E-state index in [2.05, 4.69) is 47.9 Å². The number of nitrogens with one attached hydrogen (secondary N) is 3. The molecular weight excluding hydrogens is 456 g/mol. The van der Waals surface area contributed by atoms with Gasteiger partial charge in [0.2, 0.25) is 11.8 Å². The lowest BCUT2D eigenvalue weighted by Crippen LogP contribution is -2.30. The molecule has 1 saturated heterocycles. The quantitative estimate of drug-likeness (QED) is 0.296. The van der Waals surface area contributed by atoms with Crippen LogP contribution in [0.5, 0.6) is 5.88 Å². The summed E-state index contributed by atoms with van der Waals surface area (Å²) in [6.07, 6.45) is 4.75. The van der Waals surface area contributed by atoms with E-state index < -0.39 is 0 Å². The van der Waals surface area contributed by atoms with Crippen molar-refractivity contribution in [2.75, 3.05) is 30.8 Å². The summed E-state index contributed by atoms with van der Waals surface area (Å²) in [5.41, 5.74) is 2.95. The monoisotopic (exact) mass is 486 g/mol. The Labute approximate surface area is 209 Å². The summed E-state index contributed by atoms with van der Waals surface area (Å²) in [5, 5.41) is 18.2. The van der Waals surface area contributed by atoms with Gasteiger partial charge in [0.25, 0.3) is 0 Å². The van der Waals surface area contributed by atoms with E-state index in [9.17, 15) is 0 Å². The molecule has 1 atom stereocenters. The molecule has 186 valence electrons. The van der Waals surface area contributed by atoms with Crippen LogP contribution in [0.15, 0.2) is 53.1 Å². The van der Waals surface area contributed by atoms with Crippen molar-refractivity contribution in [3.63, 3.8) is 0 Å². The number of benzene rings is 1. The molecule has 1 aliphatic heterocycles. The zero-order valence-corrected chi connectivity index (χ0v) is 20.3. The predicted octanol–water partition coefficient (Wildman–Crippen LogP) is 4.56. The van der Waals surface area contributed by atoms with Crippen LogP contribution in [0.3, 0.4) is 0 Å². The number of likely N-dealkylation sites (N-methyl/N-ethyl adjacent to an activating group) is 1. The molecule has 3 aromatic heterocycles. The molecule has 2 aliphatic rings. The van der Waals surface area contributed by atoms with Gasteiger partial charge < -0.3 is 24.8 Å². The van der Waals surface area contributed by atoms with Crippen molar-refractivity contribution in [2.45, 2.75) is 44.2 Å². The molecule has 0 bridgehead atoms. The van der Waals surface area contributed by atoms with Crippen molar-refractivity contribution >= 4 is 17.6 Å². The smallest absolute Gasteiger partial charge is 0.228 e. The third-order valence-electron chi connectivity index (χ3n) is 6.72. The van der Waals surface area contributed by atoms with Crippen molar-refractivity contribution in [3.05, 3.63) is 60.0 Å². The molecule has 1 aliphatic carbocycles. The van der Waals surface area contributed by atoms with Gasteiger partial charge in [-0.15, -0.1) is 0 Å². The Hall–Kier alpha value is -3.92. The van der Waals surface area contributed by atoms with Crippen LogP contribution in [0.4, 0.5) is 17.6 Å². The maximum absolute atomic E-state index is 6.11. The minimum Gasteiger partial charge on any atom is -0.476 e. The average Bonchev–Trinajstić information content (AvgIpc) is 3.25. The summed E-state index contributed by atoms with van der Waals surface area (Å²) < 4.78 is 11.6. The molecule has 0 radical (unpaired) electrons. The van der Waals surface area contributed by atoms with E-state index in [0.717, 1.165) is 35.7 Å². The first-order chi connectivity index (χ1) is 17.7. The van der Waals surface area contributed by atoms with Crippen LogP contribution in [0.2, 0.25) is 0 Å². The summed E-state index contributed by atoms with van der Waals surface area (Å²) in [6.45, 7) is 2.08. The second-order valence-electron chi connectivity index (χ2n) is 9.51. The number of anilines is 3. The predicted molar refractivity (Wildman–Crippen MR) is 136 cm³/mol. The Kier molecular flexibility index (Phi) is 6.25. The highest BCUT2D eigenvalue weighted by Crippen LogP contribution is 2.39. The number of nitrogens with zero attached hydrogens (tertiary/aromatic N) is 5. The summed E-state index contributed by atoms with van der Waals surface area (Å²) in [4.78, 5) is 11.6. The molecule has 0 spiro atoms. The zero-order valence-electron chi connectivity index (χ0n) is 20.3. The van der Waals surface area contributed by atoms with Crippen LogP contribution in [0.1, 0.15) is 43.1 Å². The van der Waals surface area contributed by atoms with Crippen molar-refractivity contribution in [3.8, 4) is 17.1 Å². The van der Waals surface area contributed by atoms with Gasteiger partial charge in [0.1, 0.15) is 18.1 Å². The Morgan fingerprint density at radius 2 is 1.97 bits per heavy atom. The Bertz CT molecular complexity index is 1300. The van der Waals surface area contributed by atoms with Gasteiger partial charge in [-0.05, 0) is 39.3 Å². The molecule has 4 heterocycles. The van der Waals surface area contributed by atoms with Crippen LogP contribution in [-0.4, -0.2) is 56.5 Å². The molecule has 1 aromatic carbocycles. The number of aromatic nitrogens is 5. The number of likely N-dealkylation sites (tertiary alicyclic amines) is 1. The maximum atomic E-state index is 6.11. The lowest BCUT2D eigenvalue weighted by molar-refractivity contribution is 0.193. The zero-order chi connectivity index (χ0) is 24.3. The van der Waals surface area contributed by atoms with Gasteiger partial charge in [-0.25, -0.2) is 0 Å². The standard InChI is InChI=1S/C26H30N8O2/c1-34-11-5-8-19(34)16-35-25-14-23(28-24-13-21(31-32-24)18-9-10-18)29-26(30-25)27-15-20-12-22(33-36-20)17-6-3-2-4-7-17/h2-4,6-7,12-14,18-19H,5,8-11,15-16H2,1H3,(H3,27,28,29,30,31,32)/t19-/m0/s1. The molecule has 10 nitrogen and oxygen atoms in total. The highest BCUT2D eigenvalue weighted by molar-refractivity contribution is 5.59. The van der Waals surface area contributed by atoms with E-state index in [4.69, 9.17) is 9.26 Å². The van der Waals surface area contributed by atoms with Gasteiger partial charge in [-0.1, -0.05) is 35.5 Å². The largest absolute Gasteiger partial charge is 0.476 e. The fourth-order valence-corrected chi connectivity index (χ4v) is 4.46. The molecule has 1 saturated carbocycles. The normalized spacial score (nSPS) is 17.9. The Morgan fingerprint density at radius 1 is 1.08 bits per heavy atom. The van der Waals surface area contributed by atoms with Gasteiger partial charge in [-0.2, -0.15) is 15.1 Å². The number of rotatable bonds is 10. The highest BCUT2D eigenvalue weighted by Gasteiger charge is 2.26. The molecule has 3 N–H and O–H groups in total. The van der Waals surface area contributed by atoms with E-state index >= 15 is 0 Å². The molecule has 6 rings (SSSR count). The van der Waals surface area contributed by atoms with Crippen LogP contribution in [-0.2, 0) is 6.54 Å². The maximum Gasteiger partial charge on any atom is 0.228 e. The minimum absolute atomic E-state index is 0.391. The van der Waals surface area contributed by atoms with Gasteiger partial charge in [0.05, 0.1) is 6.54 Å². The number of hydrogen-bond acceptors (Lipinski definition) is 9. The highest BCUT2D eigenvalue weighted by atomic mass is 16.5. The third kappa shape index (κ3) is 5.33. The van der Waals surface area contributed by atoms with Crippen LogP contribution >= 0.6 is 0 Å². The molecular formula is C26H30N8O2. The SMILES string of the molecule is CN1CCC[C@H]1COc1cc(Nc2cc(C3CC3)[nH]n2)nc(NCc2cc(-c3ccccc3)no2)n1. The number of hydrogen-bond donors (Lipinski definition) is 3. The molecule has 2 fully saturated rings. The molecule has 0 unspecified atom stereocenters. The Balaban J connectivity index is 1.17. The van der Waals surface area contributed by atoms with Gasteiger partial charge >= 0.3 is 0 Å². The summed E-state index contributed by atoms with van der Waals surface area (Å²) >= 11 is 0. The van der Waals surface area contributed by atoms with Crippen LogP contribution in [0.25, 0.3) is 11.3 Å². The van der Waals surface area contributed by atoms with Crippen LogP contribution < -0.4 is 15.4 Å². The van der Waals surface area contributed by atoms with Gasteiger partial charge in [0.15, 0.2) is 11.6 Å². The lowest BCUT2D eigenvalue weighted by Gasteiger charge is -2.19. The number of aromatic amines is 1.